The number of nitrogens with zero attached hydrogens (tertiary/aromatic N) is 2. The van der Waals surface area contributed by atoms with Crippen LogP contribution in [0.1, 0.15) is 22.3 Å². The molecule has 0 aliphatic heterocycles. The average Bonchev–Trinajstić information content (AvgIpc) is 4.06. The van der Waals surface area contributed by atoms with Crippen LogP contribution >= 0.6 is 0 Å². The second-order valence-electron chi connectivity index (χ2n) is 18.0. The van der Waals surface area contributed by atoms with Crippen LogP contribution in [0.25, 0.3) is 82.5 Å². The minimum absolute atomic E-state index is 0.494. The predicted molar refractivity (Wildman–Crippen MR) is 283 cm³/mol. The van der Waals surface area contributed by atoms with Crippen LogP contribution < -0.4 is 4.90 Å². The molecule has 0 bridgehead atoms. The van der Waals surface area contributed by atoms with E-state index in [0.29, 0.717) is 0 Å². The van der Waals surface area contributed by atoms with E-state index in [0.717, 1.165) is 66.7 Å². The summed E-state index contributed by atoms with van der Waals surface area (Å²) in [4.78, 5) is 2.44. The van der Waals surface area contributed by atoms with Gasteiger partial charge in [-0.2, -0.15) is 0 Å². The topological polar surface area (TPSA) is 21.3 Å². The summed E-state index contributed by atoms with van der Waals surface area (Å²) in [6.45, 7) is 0. The normalized spacial score (nSPS) is 12.8. The quantitative estimate of drug-likeness (QED) is 0.159. The molecule has 14 rings (SSSR count). The van der Waals surface area contributed by atoms with E-state index in [4.69, 9.17) is 4.42 Å². The lowest BCUT2D eigenvalue weighted by Gasteiger charge is -2.34. The molecule has 3 nitrogen and oxygen atoms in total. The molecule has 0 atom stereocenters. The molecule has 68 heavy (non-hydrogen) atoms. The lowest BCUT2D eigenvalue weighted by Crippen LogP contribution is -2.28. The first kappa shape index (κ1) is 38.4. The minimum Gasteiger partial charge on any atom is -0.455 e. The number of aromatic nitrogens is 1. The van der Waals surface area contributed by atoms with Gasteiger partial charge in [-0.05, 0) is 111 Å². The van der Waals surface area contributed by atoms with Crippen LogP contribution in [0.4, 0.5) is 17.1 Å². The van der Waals surface area contributed by atoms with Gasteiger partial charge in [-0.15, -0.1) is 0 Å². The number of fused-ring (bicyclic) bond motifs is 11. The van der Waals surface area contributed by atoms with Crippen molar-refractivity contribution in [1.82, 2.24) is 4.57 Å². The molecule has 3 heteroatoms. The molecule has 0 unspecified atom stereocenters. The summed E-state index contributed by atoms with van der Waals surface area (Å²) >= 11 is 0. The maximum Gasteiger partial charge on any atom is 0.143 e. The van der Waals surface area contributed by atoms with Crippen molar-refractivity contribution in [2.75, 3.05) is 4.90 Å². The van der Waals surface area contributed by atoms with E-state index < -0.39 is 5.41 Å². The number of rotatable bonds is 7. The van der Waals surface area contributed by atoms with Crippen molar-refractivity contribution in [1.29, 1.82) is 0 Å². The van der Waals surface area contributed by atoms with Gasteiger partial charge >= 0.3 is 0 Å². The Bertz CT molecular complexity index is 4050. The molecule has 1 aliphatic rings. The summed E-state index contributed by atoms with van der Waals surface area (Å²) < 4.78 is 9.29. The van der Waals surface area contributed by atoms with E-state index in [1.165, 1.54) is 55.1 Å². The number of hydrogen-bond acceptors (Lipinski definition) is 2. The first-order valence-corrected chi connectivity index (χ1v) is 23.4. The van der Waals surface area contributed by atoms with Crippen molar-refractivity contribution in [3.05, 3.63) is 277 Å². The number of hydrogen-bond donors (Lipinski definition) is 0. The Morgan fingerprint density at radius 3 is 1.75 bits per heavy atom. The van der Waals surface area contributed by atoms with Crippen LogP contribution in [0, 0.1) is 0 Å². The van der Waals surface area contributed by atoms with Gasteiger partial charge in [0, 0.05) is 55.2 Å². The van der Waals surface area contributed by atoms with E-state index in [1.54, 1.807) is 0 Å². The maximum atomic E-state index is 6.91. The highest BCUT2D eigenvalue weighted by atomic mass is 16.3. The summed E-state index contributed by atoms with van der Waals surface area (Å²) in [6.07, 6.45) is 0. The summed E-state index contributed by atoms with van der Waals surface area (Å²) in [5.74, 6) is 0. The third-order valence-electron chi connectivity index (χ3n) is 14.4. The third kappa shape index (κ3) is 5.60. The standard InChI is InChI=1S/C65H42N2O/c1-4-20-45(21-5-1)65(46-22-6-2-7-23-46)59-32-14-12-28-53(59)57-41-49(35-38-60(57)65)66(50-36-39-62-58(42-50)54-29-13-15-33-61(54)67(62)47-24-8-3-9-25-47)48-26-16-19-44(40-48)52-30-17-31-55-56-37-34-43-18-10-11-27-51(43)63(56)68-64(52)55/h1-42H. The Labute approximate surface area is 394 Å². The fourth-order valence-corrected chi connectivity index (χ4v) is 11.5. The lowest BCUT2D eigenvalue weighted by molar-refractivity contribution is 0.674. The van der Waals surface area contributed by atoms with Crippen LogP contribution in [0.3, 0.4) is 0 Å². The molecule has 0 saturated heterocycles. The Balaban J connectivity index is 1.01. The summed E-state index contributed by atoms with van der Waals surface area (Å²) in [7, 11) is 0. The van der Waals surface area contributed by atoms with Gasteiger partial charge < -0.3 is 13.9 Å². The molecule has 0 spiro atoms. The highest BCUT2D eigenvalue weighted by Gasteiger charge is 2.46. The second-order valence-corrected chi connectivity index (χ2v) is 18.0. The van der Waals surface area contributed by atoms with Gasteiger partial charge in [-0.3, -0.25) is 0 Å². The van der Waals surface area contributed by atoms with Crippen LogP contribution in [0.2, 0.25) is 0 Å². The van der Waals surface area contributed by atoms with E-state index in [1.807, 2.05) is 0 Å². The van der Waals surface area contributed by atoms with Crippen LogP contribution in [0.15, 0.2) is 259 Å². The molecule has 11 aromatic carbocycles. The fourth-order valence-electron chi connectivity index (χ4n) is 11.5. The van der Waals surface area contributed by atoms with Gasteiger partial charge in [0.05, 0.1) is 16.4 Å². The smallest absolute Gasteiger partial charge is 0.143 e. The van der Waals surface area contributed by atoms with Crippen molar-refractivity contribution < 1.29 is 4.42 Å². The summed E-state index contributed by atoms with van der Waals surface area (Å²) in [5, 5.41) is 6.94. The first-order valence-electron chi connectivity index (χ1n) is 23.4. The Morgan fingerprint density at radius 2 is 0.926 bits per heavy atom. The number of para-hydroxylation sites is 3. The number of benzene rings is 11. The third-order valence-corrected chi connectivity index (χ3v) is 14.4. The monoisotopic (exact) mass is 866 g/mol. The van der Waals surface area contributed by atoms with E-state index in [2.05, 4.69) is 264 Å². The van der Waals surface area contributed by atoms with Gasteiger partial charge in [-0.1, -0.05) is 188 Å². The molecule has 0 fully saturated rings. The zero-order valence-corrected chi connectivity index (χ0v) is 37.1. The molecule has 318 valence electrons. The maximum absolute atomic E-state index is 6.91. The SMILES string of the molecule is c1ccc(-n2c3ccccc3c3cc(N(c4cccc(-c5cccc6c5oc5c7ccccc7ccc65)c4)c4ccc5c(c4)-c4ccccc4C5(c4ccccc4)c4ccccc4)ccc32)cc1. The van der Waals surface area contributed by atoms with Crippen molar-refractivity contribution in [3.63, 3.8) is 0 Å². The molecule has 2 aromatic heterocycles. The molecule has 0 radical (unpaired) electrons. The van der Waals surface area contributed by atoms with Crippen molar-refractivity contribution in [2.24, 2.45) is 0 Å². The van der Waals surface area contributed by atoms with Gasteiger partial charge in [-0.25, -0.2) is 0 Å². The Kier molecular flexibility index (Phi) is 8.50. The molecule has 0 saturated carbocycles. The van der Waals surface area contributed by atoms with E-state index in [-0.39, 0.29) is 0 Å². The first-order chi connectivity index (χ1) is 33.7. The molecule has 13 aromatic rings. The van der Waals surface area contributed by atoms with Gasteiger partial charge in [0.2, 0.25) is 0 Å². The molecular weight excluding hydrogens is 825 g/mol. The van der Waals surface area contributed by atoms with Crippen molar-refractivity contribution >= 4 is 71.6 Å². The van der Waals surface area contributed by atoms with Crippen molar-refractivity contribution in [2.45, 2.75) is 5.41 Å². The molecule has 2 heterocycles. The van der Waals surface area contributed by atoms with Crippen LogP contribution in [-0.2, 0) is 5.41 Å². The van der Waals surface area contributed by atoms with Gasteiger partial charge in [0.15, 0.2) is 0 Å². The van der Waals surface area contributed by atoms with Crippen LogP contribution in [0.5, 0.6) is 0 Å². The lowest BCUT2D eigenvalue weighted by atomic mass is 9.68. The van der Waals surface area contributed by atoms with Gasteiger partial charge in [0.25, 0.3) is 0 Å². The molecular formula is C65H42N2O. The zero-order chi connectivity index (χ0) is 44.8. The largest absolute Gasteiger partial charge is 0.455 e. The average molecular weight is 867 g/mol. The summed E-state index contributed by atoms with van der Waals surface area (Å²) in [6, 6.07) is 93.0. The molecule has 0 amide bonds. The Hall–Kier alpha value is -8.92. The highest BCUT2D eigenvalue weighted by molar-refractivity contribution is 6.17. The van der Waals surface area contributed by atoms with E-state index in [9.17, 15) is 0 Å². The zero-order valence-electron chi connectivity index (χ0n) is 37.1. The van der Waals surface area contributed by atoms with E-state index >= 15 is 0 Å². The second kappa shape index (κ2) is 15.1. The minimum atomic E-state index is -0.494. The number of anilines is 3. The number of furan rings is 1. The molecule has 1 aliphatic carbocycles. The van der Waals surface area contributed by atoms with Crippen LogP contribution in [-0.4, -0.2) is 4.57 Å². The predicted octanol–water partition coefficient (Wildman–Crippen LogP) is 17.3. The Morgan fingerprint density at radius 1 is 0.338 bits per heavy atom. The van der Waals surface area contributed by atoms with Crippen molar-refractivity contribution in [3.8, 4) is 27.9 Å². The highest BCUT2D eigenvalue weighted by Crippen LogP contribution is 2.57. The molecule has 0 N–H and O–H groups in total. The van der Waals surface area contributed by atoms with Gasteiger partial charge in [0.1, 0.15) is 11.2 Å². The fraction of sp³-hybridized carbons (Fsp3) is 0.0154. The summed E-state index contributed by atoms with van der Waals surface area (Å²) in [5.41, 5.74) is 17.7.